The summed E-state index contributed by atoms with van der Waals surface area (Å²) in [5.41, 5.74) is 1.87. The lowest BCUT2D eigenvalue weighted by molar-refractivity contribution is -0.116. The molecule has 0 fully saturated rings. The van der Waals surface area contributed by atoms with Gasteiger partial charge in [0.25, 0.3) is 0 Å². The van der Waals surface area contributed by atoms with Crippen molar-refractivity contribution in [2.24, 2.45) is 0 Å². The molecule has 0 bridgehead atoms. The molecule has 0 radical (unpaired) electrons. The molecule has 7 nitrogen and oxygen atoms in total. The molecule has 0 unspecified atom stereocenters. The molecular weight excluding hydrogens is 370 g/mol. The lowest BCUT2D eigenvalue weighted by Gasteiger charge is -2.11. The van der Waals surface area contributed by atoms with Crippen molar-refractivity contribution < 1.29 is 27.9 Å². The Bertz CT molecular complexity index is 982. The maximum atomic E-state index is 12.1. The third kappa shape index (κ3) is 5.82. The van der Waals surface area contributed by atoms with Gasteiger partial charge in [-0.1, -0.05) is 12.1 Å². The molecule has 0 aromatic heterocycles. The Morgan fingerprint density at radius 1 is 1.11 bits per heavy atom. The molecule has 0 heterocycles. The lowest BCUT2D eigenvalue weighted by atomic mass is 10.1. The molecule has 0 aliphatic heterocycles. The first-order valence-corrected chi connectivity index (χ1v) is 10.0. The van der Waals surface area contributed by atoms with Crippen LogP contribution in [0.2, 0.25) is 0 Å². The normalized spacial score (nSPS) is 11.1. The van der Waals surface area contributed by atoms with E-state index in [0.29, 0.717) is 5.75 Å². The summed E-state index contributed by atoms with van der Waals surface area (Å²) in [5.74, 6) is -1.01. The number of benzene rings is 2. The van der Waals surface area contributed by atoms with Gasteiger partial charge < -0.3 is 15.2 Å². The number of carbonyl (C=O) groups excluding carboxylic acids is 1. The Labute approximate surface area is 157 Å². The Balaban J connectivity index is 2.05. The summed E-state index contributed by atoms with van der Waals surface area (Å²) in [6, 6.07) is 9.25. The number of ether oxygens (including phenoxy) is 1. The topological polar surface area (TPSA) is 110 Å². The first-order valence-electron chi connectivity index (χ1n) is 8.14. The quantitative estimate of drug-likeness (QED) is 0.751. The molecule has 2 N–H and O–H groups in total. The smallest absolute Gasteiger partial charge is 0.335 e. The lowest BCUT2D eigenvalue weighted by Crippen LogP contribution is -2.16. The third-order valence-corrected chi connectivity index (χ3v) is 4.89. The van der Waals surface area contributed by atoms with E-state index >= 15 is 0 Å². The van der Waals surface area contributed by atoms with Gasteiger partial charge in [-0.3, -0.25) is 4.79 Å². The van der Waals surface area contributed by atoms with Crippen molar-refractivity contribution in [3.05, 3.63) is 53.1 Å². The summed E-state index contributed by atoms with van der Waals surface area (Å²) in [4.78, 5) is 23.1. The second kappa shape index (κ2) is 8.22. The number of aryl methyl sites for hydroxylation is 2. The summed E-state index contributed by atoms with van der Waals surface area (Å²) in [6.07, 6.45) is 0.997. The summed E-state index contributed by atoms with van der Waals surface area (Å²) >= 11 is 0. The summed E-state index contributed by atoms with van der Waals surface area (Å²) in [6.45, 7) is 3.97. The van der Waals surface area contributed by atoms with Gasteiger partial charge in [-0.05, 0) is 49.2 Å². The molecule has 0 spiro atoms. The van der Waals surface area contributed by atoms with Crippen LogP contribution in [0.3, 0.4) is 0 Å². The van der Waals surface area contributed by atoms with E-state index in [2.05, 4.69) is 5.32 Å². The van der Waals surface area contributed by atoms with Gasteiger partial charge in [0, 0.05) is 11.9 Å². The fourth-order valence-corrected chi connectivity index (χ4v) is 3.03. The summed E-state index contributed by atoms with van der Waals surface area (Å²) < 4.78 is 29.0. The van der Waals surface area contributed by atoms with Crippen LogP contribution >= 0.6 is 0 Å². The van der Waals surface area contributed by atoms with Crippen LogP contribution in [0.4, 0.5) is 5.69 Å². The van der Waals surface area contributed by atoms with Gasteiger partial charge in [-0.15, -0.1) is 0 Å². The Morgan fingerprint density at radius 2 is 1.81 bits per heavy atom. The molecule has 27 heavy (non-hydrogen) atoms. The second-order valence-electron chi connectivity index (χ2n) is 6.24. The zero-order valence-electron chi connectivity index (χ0n) is 15.3. The third-order valence-electron chi connectivity index (χ3n) is 3.80. The van der Waals surface area contributed by atoms with Gasteiger partial charge in [-0.2, -0.15) is 0 Å². The Kier molecular flexibility index (Phi) is 6.22. The number of hydrogen-bond acceptors (Lipinski definition) is 5. The van der Waals surface area contributed by atoms with E-state index < -0.39 is 21.7 Å². The minimum Gasteiger partial charge on any atom is -0.493 e. The fourth-order valence-electron chi connectivity index (χ4n) is 2.35. The molecule has 0 saturated carbocycles. The van der Waals surface area contributed by atoms with Crippen molar-refractivity contribution in [2.45, 2.75) is 25.2 Å². The monoisotopic (exact) mass is 391 g/mol. The first-order chi connectivity index (χ1) is 12.6. The van der Waals surface area contributed by atoms with E-state index in [0.717, 1.165) is 23.4 Å². The highest BCUT2D eigenvalue weighted by Gasteiger charge is 2.15. The molecule has 8 heteroatoms. The van der Waals surface area contributed by atoms with Crippen LogP contribution in [-0.4, -0.2) is 38.3 Å². The number of carbonyl (C=O) groups is 2. The highest BCUT2D eigenvalue weighted by Crippen LogP contribution is 2.21. The second-order valence-corrected chi connectivity index (χ2v) is 8.25. The SMILES string of the molecule is Cc1ccc(C)c(OCCC(=O)Nc2cc(C(=O)O)cc(S(C)(=O)=O)c2)c1. The molecule has 0 atom stereocenters. The first kappa shape index (κ1) is 20.4. The molecule has 2 rings (SSSR count). The van der Waals surface area contributed by atoms with Crippen LogP contribution in [0.25, 0.3) is 0 Å². The number of sulfone groups is 1. The average Bonchev–Trinajstić information content (AvgIpc) is 2.56. The summed E-state index contributed by atoms with van der Waals surface area (Å²) in [5, 5.41) is 11.6. The highest BCUT2D eigenvalue weighted by molar-refractivity contribution is 7.90. The van der Waals surface area contributed by atoms with Gasteiger partial charge in [0.15, 0.2) is 9.84 Å². The van der Waals surface area contributed by atoms with E-state index in [-0.39, 0.29) is 29.2 Å². The van der Waals surface area contributed by atoms with Crippen molar-refractivity contribution in [3.8, 4) is 5.75 Å². The number of aromatic carboxylic acids is 1. The minimum absolute atomic E-state index is 0.0267. The number of rotatable bonds is 7. The largest absolute Gasteiger partial charge is 0.493 e. The van der Waals surface area contributed by atoms with Crippen molar-refractivity contribution in [2.75, 3.05) is 18.2 Å². The van der Waals surface area contributed by atoms with E-state index in [9.17, 15) is 18.0 Å². The van der Waals surface area contributed by atoms with Crippen LogP contribution in [0.15, 0.2) is 41.3 Å². The highest BCUT2D eigenvalue weighted by atomic mass is 32.2. The Hall–Kier alpha value is -2.87. The standard InChI is InChI=1S/C19H21NO6S/c1-12-4-5-13(2)17(8-12)26-7-6-18(21)20-15-9-14(19(22)23)10-16(11-15)27(3,24)25/h4-5,8-11H,6-7H2,1-3H3,(H,20,21)(H,22,23). The number of anilines is 1. The van der Waals surface area contributed by atoms with Crippen LogP contribution < -0.4 is 10.1 Å². The van der Waals surface area contributed by atoms with Gasteiger partial charge in [-0.25, -0.2) is 13.2 Å². The number of nitrogens with one attached hydrogen (secondary N) is 1. The predicted molar refractivity (Wildman–Crippen MR) is 101 cm³/mol. The number of carboxylic acids is 1. The van der Waals surface area contributed by atoms with E-state index in [1.54, 1.807) is 0 Å². The van der Waals surface area contributed by atoms with Crippen molar-refractivity contribution in [3.63, 3.8) is 0 Å². The predicted octanol–water partition coefficient (Wildman–Crippen LogP) is 2.81. The Morgan fingerprint density at radius 3 is 2.44 bits per heavy atom. The summed E-state index contributed by atoms with van der Waals surface area (Å²) in [7, 11) is -3.62. The molecule has 2 aromatic rings. The van der Waals surface area contributed by atoms with Crippen LogP contribution in [0, 0.1) is 13.8 Å². The van der Waals surface area contributed by atoms with Crippen molar-refractivity contribution >= 4 is 27.4 Å². The van der Waals surface area contributed by atoms with E-state index in [4.69, 9.17) is 9.84 Å². The van der Waals surface area contributed by atoms with Crippen molar-refractivity contribution in [1.29, 1.82) is 0 Å². The van der Waals surface area contributed by atoms with Crippen LogP contribution in [0.5, 0.6) is 5.75 Å². The van der Waals surface area contributed by atoms with Crippen LogP contribution in [0.1, 0.15) is 27.9 Å². The van der Waals surface area contributed by atoms with Gasteiger partial charge in [0.2, 0.25) is 5.91 Å². The maximum absolute atomic E-state index is 12.1. The molecule has 0 aliphatic rings. The molecular formula is C19H21NO6S. The fraction of sp³-hybridized carbons (Fsp3) is 0.263. The van der Waals surface area contributed by atoms with Gasteiger partial charge in [0.1, 0.15) is 5.75 Å². The molecule has 0 aliphatic carbocycles. The van der Waals surface area contributed by atoms with Gasteiger partial charge >= 0.3 is 5.97 Å². The molecule has 2 aromatic carbocycles. The van der Waals surface area contributed by atoms with E-state index in [1.807, 2.05) is 32.0 Å². The zero-order valence-corrected chi connectivity index (χ0v) is 16.1. The van der Waals surface area contributed by atoms with Crippen LogP contribution in [-0.2, 0) is 14.6 Å². The van der Waals surface area contributed by atoms with Crippen molar-refractivity contribution in [1.82, 2.24) is 0 Å². The number of hydrogen-bond donors (Lipinski definition) is 2. The maximum Gasteiger partial charge on any atom is 0.335 e. The van der Waals surface area contributed by atoms with E-state index in [1.165, 1.54) is 12.1 Å². The zero-order chi connectivity index (χ0) is 20.2. The average molecular weight is 391 g/mol. The van der Waals surface area contributed by atoms with Gasteiger partial charge in [0.05, 0.1) is 23.5 Å². The number of carboxylic acid groups (broad SMARTS) is 1. The molecule has 0 saturated heterocycles. The molecule has 144 valence electrons. The minimum atomic E-state index is -3.62. The molecule has 1 amide bonds. The number of amides is 1.